The van der Waals surface area contributed by atoms with Crippen LogP contribution in [0.25, 0.3) is 0 Å². The first-order chi connectivity index (χ1) is 14.2. The molecule has 0 unspecified atom stereocenters. The molecule has 0 bridgehead atoms. The lowest BCUT2D eigenvalue weighted by atomic mass is 10.0. The third-order valence-electron chi connectivity index (χ3n) is 5.41. The Balaban J connectivity index is 1.50. The van der Waals surface area contributed by atoms with Crippen LogP contribution in [0, 0.1) is 5.41 Å². The molecular formula is C25H25N3O. The van der Waals surface area contributed by atoms with E-state index >= 15 is 0 Å². The van der Waals surface area contributed by atoms with Crippen molar-refractivity contribution in [2.75, 3.05) is 11.9 Å². The molecule has 1 saturated heterocycles. The van der Waals surface area contributed by atoms with Crippen LogP contribution in [0.5, 0.6) is 0 Å². The van der Waals surface area contributed by atoms with Crippen molar-refractivity contribution in [1.29, 1.82) is 5.41 Å². The molecule has 1 aliphatic heterocycles. The lowest BCUT2D eigenvalue weighted by Crippen LogP contribution is -2.39. The van der Waals surface area contributed by atoms with Gasteiger partial charge in [-0.15, -0.1) is 0 Å². The minimum atomic E-state index is -0.144. The number of hydrogen-bond acceptors (Lipinski definition) is 3. The number of benzene rings is 3. The van der Waals surface area contributed by atoms with E-state index in [1.807, 2.05) is 72.8 Å². The summed E-state index contributed by atoms with van der Waals surface area (Å²) in [6.45, 7) is 1.70. The number of carbonyl (C=O) groups excluding carboxylic acids is 1. The number of anilines is 1. The smallest absolute Gasteiger partial charge is 0.241 e. The molecule has 0 radical (unpaired) electrons. The molecule has 1 amide bonds. The lowest BCUT2D eigenvalue weighted by Gasteiger charge is -2.24. The van der Waals surface area contributed by atoms with Crippen LogP contribution < -0.4 is 5.32 Å². The van der Waals surface area contributed by atoms with E-state index in [4.69, 9.17) is 5.41 Å². The summed E-state index contributed by atoms with van der Waals surface area (Å²) in [5.74, 6) is 0.00624. The standard InChI is InChI=1S/C25H25N3O/c26-24(20-12-5-2-6-13-20)21-14-7-8-15-22(21)27-25(29)23-16-9-17-28(23)18-19-10-3-1-4-11-19/h1-8,10-15,23,26H,9,16-18H2,(H,27,29)/t23-/m0/s1. The summed E-state index contributed by atoms with van der Waals surface area (Å²) in [5.41, 5.74) is 3.89. The summed E-state index contributed by atoms with van der Waals surface area (Å²) in [6, 6.07) is 27.3. The molecule has 1 atom stereocenters. The first kappa shape index (κ1) is 19.1. The van der Waals surface area contributed by atoms with Crippen LogP contribution in [0.3, 0.4) is 0 Å². The van der Waals surface area contributed by atoms with Crippen LogP contribution in [0.15, 0.2) is 84.9 Å². The second kappa shape index (κ2) is 8.84. The van der Waals surface area contributed by atoms with Crippen LogP contribution in [-0.4, -0.2) is 29.1 Å². The molecular weight excluding hydrogens is 358 g/mol. The lowest BCUT2D eigenvalue weighted by molar-refractivity contribution is -0.120. The fraction of sp³-hybridized carbons (Fsp3) is 0.200. The molecule has 0 aliphatic carbocycles. The Morgan fingerprint density at radius 1 is 0.931 bits per heavy atom. The zero-order chi connectivity index (χ0) is 20.1. The Morgan fingerprint density at radius 3 is 2.34 bits per heavy atom. The molecule has 4 heteroatoms. The van der Waals surface area contributed by atoms with Gasteiger partial charge in [-0.3, -0.25) is 15.1 Å². The van der Waals surface area contributed by atoms with Gasteiger partial charge in [-0.2, -0.15) is 0 Å². The van der Waals surface area contributed by atoms with Crippen molar-refractivity contribution in [3.63, 3.8) is 0 Å². The summed E-state index contributed by atoms with van der Waals surface area (Å²) < 4.78 is 0. The van der Waals surface area contributed by atoms with E-state index in [0.717, 1.165) is 37.1 Å². The average molecular weight is 383 g/mol. The maximum absolute atomic E-state index is 13.1. The van der Waals surface area contributed by atoms with E-state index in [2.05, 4.69) is 22.3 Å². The molecule has 3 aromatic rings. The van der Waals surface area contributed by atoms with Gasteiger partial charge >= 0.3 is 0 Å². The third kappa shape index (κ3) is 4.44. The third-order valence-corrected chi connectivity index (χ3v) is 5.41. The predicted molar refractivity (Wildman–Crippen MR) is 117 cm³/mol. The van der Waals surface area contributed by atoms with Crippen molar-refractivity contribution in [3.05, 3.63) is 102 Å². The van der Waals surface area contributed by atoms with Crippen LogP contribution in [-0.2, 0) is 11.3 Å². The quantitative estimate of drug-likeness (QED) is 0.606. The molecule has 0 saturated carbocycles. The highest BCUT2D eigenvalue weighted by Crippen LogP contribution is 2.24. The van der Waals surface area contributed by atoms with Crippen molar-refractivity contribution in [2.45, 2.75) is 25.4 Å². The number of para-hydroxylation sites is 1. The average Bonchev–Trinajstić information content (AvgIpc) is 3.23. The van der Waals surface area contributed by atoms with Gasteiger partial charge in [0.15, 0.2) is 0 Å². The van der Waals surface area contributed by atoms with E-state index in [1.165, 1.54) is 5.56 Å². The summed E-state index contributed by atoms with van der Waals surface area (Å²) in [6.07, 6.45) is 1.88. The fourth-order valence-electron chi connectivity index (χ4n) is 3.92. The van der Waals surface area contributed by atoms with Crippen molar-refractivity contribution in [2.24, 2.45) is 0 Å². The summed E-state index contributed by atoms with van der Waals surface area (Å²) in [4.78, 5) is 15.3. The van der Waals surface area contributed by atoms with Crippen molar-refractivity contribution in [3.8, 4) is 0 Å². The Bertz CT molecular complexity index is 985. The van der Waals surface area contributed by atoms with Gasteiger partial charge in [-0.25, -0.2) is 0 Å². The molecule has 29 heavy (non-hydrogen) atoms. The highest BCUT2D eigenvalue weighted by atomic mass is 16.2. The van der Waals surface area contributed by atoms with E-state index in [1.54, 1.807) is 0 Å². The number of hydrogen-bond donors (Lipinski definition) is 2. The Hall–Kier alpha value is -3.24. The van der Waals surface area contributed by atoms with Gasteiger partial charge in [0.25, 0.3) is 0 Å². The summed E-state index contributed by atoms with van der Waals surface area (Å²) in [7, 11) is 0. The van der Waals surface area contributed by atoms with Crippen LogP contribution in [0.2, 0.25) is 0 Å². The zero-order valence-corrected chi connectivity index (χ0v) is 16.3. The molecule has 1 aliphatic rings. The van der Waals surface area contributed by atoms with Crippen LogP contribution >= 0.6 is 0 Å². The number of amides is 1. The molecule has 4 nitrogen and oxygen atoms in total. The molecule has 0 aromatic heterocycles. The molecule has 4 rings (SSSR count). The van der Waals surface area contributed by atoms with Crippen molar-refractivity contribution in [1.82, 2.24) is 4.90 Å². The highest BCUT2D eigenvalue weighted by molar-refractivity contribution is 6.15. The second-order valence-corrected chi connectivity index (χ2v) is 7.39. The number of likely N-dealkylation sites (tertiary alicyclic amines) is 1. The minimum Gasteiger partial charge on any atom is -0.324 e. The minimum absolute atomic E-state index is 0.00624. The van der Waals surface area contributed by atoms with Crippen LogP contribution in [0.1, 0.15) is 29.5 Å². The van der Waals surface area contributed by atoms with E-state index in [0.29, 0.717) is 11.4 Å². The number of nitrogens with one attached hydrogen (secondary N) is 2. The predicted octanol–water partition coefficient (Wildman–Crippen LogP) is 4.71. The highest BCUT2D eigenvalue weighted by Gasteiger charge is 2.31. The van der Waals surface area contributed by atoms with Gasteiger partial charge in [-0.1, -0.05) is 78.9 Å². The van der Waals surface area contributed by atoms with Crippen LogP contribution in [0.4, 0.5) is 5.69 Å². The Morgan fingerprint density at radius 2 is 1.59 bits per heavy atom. The molecule has 146 valence electrons. The molecule has 1 fully saturated rings. The Labute approximate surface area is 171 Å². The van der Waals surface area contributed by atoms with E-state index < -0.39 is 0 Å². The van der Waals surface area contributed by atoms with Gasteiger partial charge in [0, 0.05) is 17.7 Å². The first-order valence-corrected chi connectivity index (χ1v) is 10.0. The fourth-order valence-corrected chi connectivity index (χ4v) is 3.92. The largest absolute Gasteiger partial charge is 0.324 e. The van der Waals surface area contributed by atoms with Gasteiger partial charge in [0.1, 0.15) is 0 Å². The van der Waals surface area contributed by atoms with E-state index in [-0.39, 0.29) is 11.9 Å². The number of carbonyl (C=O) groups is 1. The summed E-state index contributed by atoms with van der Waals surface area (Å²) >= 11 is 0. The molecule has 0 spiro atoms. The monoisotopic (exact) mass is 383 g/mol. The van der Waals surface area contributed by atoms with E-state index in [9.17, 15) is 4.79 Å². The zero-order valence-electron chi connectivity index (χ0n) is 16.3. The van der Waals surface area contributed by atoms with Gasteiger partial charge < -0.3 is 5.32 Å². The SMILES string of the molecule is N=C(c1ccccc1)c1ccccc1NC(=O)[C@@H]1CCCN1Cc1ccccc1. The maximum atomic E-state index is 13.1. The number of nitrogens with zero attached hydrogens (tertiary/aromatic N) is 1. The number of rotatable bonds is 6. The molecule has 2 N–H and O–H groups in total. The van der Waals surface area contributed by atoms with Gasteiger partial charge in [0.2, 0.25) is 5.91 Å². The maximum Gasteiger partial charge on any atom is 0.241 e. The second-order valence-electron chi connectivity index (χ2n) is 7.39. The van der Waals surface area contributed by atoms with Gasteiger partial charge in [0.05, 0.1) is 17.4 Å². The normalized spacial score (nSPS) is 16.5. The molecule has 1 heterocycles. The van der Waals surface area contributed by atoms with Gasteiger partial charge in [-0.05, 0) is 31.0 Å². The van der Waals surface area contributed by atoms with Crippen molar-refractivity contribution < 1.29 is 4.79 Å². The van der Waals surface area contributed by atoms with Crippen molar-refractivity contribution >= 4 is 17.3 Å². The topological polar surface area (TPSA) is 56.2 Å². The molecule has 3 aromatic carbocycles. The Kier molecular flexibility index (Phi) is 5.82. The first-order valence-electron chi connectivity index (χ1n) is 10.0. The summed E-state index contributed by atoms with van der Waals surface area (Å²) in [5, 5.41) is 11.7.